The number of carbonyl (C=O) groups is 1. The van der Waals surface area contributed by atoms with E-state index in [2.05, 4.69) is 6.92 Å². The second-order valence-electron chi connectivity index (χ2n) is 4.54. The van der Waals surface area contributed by atoms with Gasteiger partial charge in [0.25, 0.3) is 5.91 Å². The van der Waals surface area contributed by atoms with Crippen LogP contribution in [0.4, 0.5) is 0 Å². The van der Waals surface area contributed by atoms with Crippen LogP contribution in [0, 0.1) is 17.2 Å². The molecule has 1 heterocycles. The number of nitrogens with zero attached hydrogens (tertiary/aromatic N) is 2. The molecule has 2 atom stereocenters. The Morgan fingerprint density at radius 3 is 2.53 bits per heavy atom. The number of nitriles is 1. The van der Waals surface area contributed by atoms with Gasteiger partial charge in [0.1, 0.15) is 0 Å². The van der Waals surface area contributed by atoms with E-state index in [9.17, 15) is 4.79 Å². The van der Waals surface area contributed by atoms with Crippen LogP contribution in [0.1, 0.15) is 22.8 Å². The Labute approximate surface area is 101 Å². The summed E-state index contributed by atoms with van der Waals surface area (Å²) in [6.45, 7) is 3.37. The minimum Gasteiger partial charge on any atom is -0.337 e. The van der Waals surface area contributed by atoms with E-state index in [0.717, 1.165) is 0 Å². The van der Waals surface area contributed by atoms with Crippen molar-refractivity contribution in [3.05, 3.63) is 35.4 Å². The third kappa shape index (κ3) is 2.29. The molecular weight excluding hydrogens is 214 g/mol. The lowest BCUT2D eigenvalue weighted by atomic mass is 10.1. The van der Waals surface area contributed by atoms with Gasteiger partial charge < -0.3 is 10.6 Å². The molecule has 4 nitrogen and oxygen atoms in total. The molecule has 1 aromatic rings. The molecule has 0 aromatic heterocycles. The van der Waals surface area contributed by atoms with Crippen molar-refractivity contribution < 1.29 is 4.79 Å². The van der Waals surface area contributed by atoms with E-state index in [4.69, 9.17) is 11.0 Å². The Balaban J connectivity index is 2.12. The second kappa shape index (κ2) is 4.56. The highest BCUT2D eigenvalue weighted by Gasteiger charge is 2.30. The molecule has 17 heavy (non-hydrogen) atoms. The lowest BCUT2D eigenvalue weighted by Crippen LogP contribution is -2.32. The highest BCUT2D eigenvalue weighted by molar-refractivity contribution is 5.94. The Morgan fingerprint density at radius 2 is 2.06 bits per heavy atom. The minimum absolute atomic E-state index is 0.00529. The number of rotatable bonds is 1. The van der Waals surface area contributed by atoms with Crippen molar-refractivity contribution in [3.8, 4) is 6.07 Å². The molecule has 0 saturated carbocycles. The maximum atomic E-state index is 12.1. The standard InChI is InChI=1S/C13H15N3O/c1-9-7-16(8-12(9)15)13(17)11-4-2-10(6-14)3-5-11/h2-5,9,12H,7-8,15H2,1H3. The zero-order valence-electron chi connectivity index (χ0n) is 9.76. The molecule has 2 rings (SSSR count). The van der Waals surface area contributed by atoms with Crippen LogP contribution in [0.25, 0.3) is 0 Å². The van der Waals surface area contributed by atoms with Gasteiger partial charge in [-0.05, 0) is 30.2 Å². The number of hydrogen-bond donors (Lipinski definition) is 1. The van der Waals surface area contributed by atoms with Gasteiger partial charge in [0.05, 0.1) is 11.6 Å². The molecule has 0 spiro atoms. The number of benzene rings is 1. The SMILES string of the molecule is CC1CN(C(=O)c2ccc(C#N)cc2)CC1N. The van der Waals surface area contributed by atoms with Crippen molar-refractivity contribution in [3.63, 3.8) is 0 Å². The molecule has 88 valence electrons. The molecule has 1 fully saturated rings. The van der Waals surface area contributed by atoms with Crippen LogP contribution in [0.2, 0.25) is 0 Å². The monoisotopic (exact) mass is 229 g/mol. The van der Waals surface area contributed by atoms with E-state index in [1.165, 1.54) is 0 Å². The number of amides is 1. The van der Waals surface area contributed by atoms with Crippen LogP contribution in [0.5, 0.6) is 0 Å². The third-order valence-electron chi connectivity index (χ3n) is 3.22. The van der Waals surface area contributed by atoms with Gasteiger partial charge in [-0.1, -0.05) is 6.92 Å². The molecule has 4 heteroatoms. The zero-order valence-corrected chi connectivity index (χ0v) is 9.76. The number of nitrogens with two attached hydrogens (primary N) is 1. The fourth-order valence-corrected chi connectivity index (χ4v) is 2.03. The summed E-state index contributed by atoms with van der Waals surface area (Å²) >= 11 is 0. The maximum absolute atomic E-state index is 12.1. The summed E-state index contributed by atoms with van der Waals surface area (Å²) in [5, 5.41) is 8.69. The first-order valence-corrected chi connectivity index (χ1v) is 5.67. The van der Waals surface area contributed by atoms with Gasteiger partial charge in [0, 0.05) is 24.7 Å². The van der Waals surface area contributed by atoms with Crippen LogP contribution < -0.4 is 5.73 Å². The molecule has 1 aliphatic heterocycles. The normalized spacial score (nSPS) is 23.5. The molecule has 1 saturated heterocycles. The molecule has 0 radical (unpaired) electrons. The van der Waals surface area contributed by atoms with E-state index >= 15 is 0 Å². The average Bonchev–Trinajstić information content (AvgIpc) is 2.69. The Bertz CT molecular complexity index is 451. The lowest BCUT2D eigenvalue weighted by molar-refractivity contribution is 0.0787. The summed E-state index contributed by atoms with van der Waals surface area (Å²) in [5.41, 5.74) is 7.07. The smallest absolute Gasteiger partial charge is 0.253 e. The average molecular weight is 229 g/mol. The highest BCUT2D eigenvalue weighted by atomic mass is 16.2. The van der Waals surface area contributed by atoms with Crippen LogP contribution in [-0.2, 0) is 0 Å². The molecule has 1 aliphatic rings. The summed E-state index contributed by atoms with van der Waals surface area (Å²) < 4.78 is 0. The van der Waals surface area contributed by atoms with Crippen LogP contribution in [0.3, 0.4) is 0 Å². The molecule has 0 aliphatic carbocycles. The fraction of sp³-hybridized carbons (Fsp3) is 0.385. The molecule has 2 unspecified atom stereocenters. The van der Waals surface area contributed by atoms with Gasteiger partial charge in [-0.2, -0.15) is 5.26 Å². The highest BCUT2D eigenvalue weighted by Crippen LogP contribution is 2.17. The van der Waals surface area contributed by atoms with Gasteiger partial charge in [-0.25, -0.2) is 0 Å². The topological polar surface area (TPSA) is 70.1 Å². The summed E-state index contributed by atoms with van der Waals surface area (Å²) in [6.07, 6.45) is 0. The summed E-state index contributed by atoms with van der Waals surface area (Å²) in [6, 6.07) is 8.80. The van der Waals surface area contributed by atoms with Crippen molar-refractivity contribution in [2.75, 3.05) is 13.1 Å². The predicted molar refractivity (Wildman–Crippen MR) is 64.2 cm³/mol. The molecule has 1 amide bonds. The van der Waals surface area contributed by atoms with Crippen molar-refractivity contribution in [1.29, 1.82) is 5.26 Å². The summed E-state index contributed by atoms with van der Waals surface area (Å²) in [7, 11) is 0. The first-order chi connectivity index (χ1) is 8.11. The van der Waals surface area contributed by atoms with Crippen LogP contribution in [-0.4, -0.2) is 29.9 Å². The first-order valence-electron chi connectivity index (χ1n) is 5.67. The van der Waals surface area contributed by atoms with Gasteiger partial charge in [-0.15, -0.1) is 0 Å². The molecular formula is C13H15N3O. The zero-order chi connectivity index (χ0) is 12.4. The van der Waals surface area contributed by atoms with Gasteiger partial charge >= 0.3 is 0 Å². The van der Waals surface area contributed by atoms with Crippen molar-refractivity contribution >= 4 is 5.91 Å². The van der Waals surface area contributed by atoms with Crippen molar-refractivity contribution in [2.24, 2.45) is 11.7 Å². The van der Waals surface area contributed by atoms with Gasteiger partial charge in [-0.3, -0.25) is 4.79 Å². The first kappa shape index (κ1) is 11.6. The maximum Gasteiger partial charge on any atom is 0.253 e. The fourth-order valence-electron chi connectivity index (χ4n) is 2.03. The Hall–Kier alpha value is -1.86. The van der Waals surface area contributed by atoms with Crippen LogP contribution in [0.15, 0.2) is 24.3 Å². The molecule has 0 bridgehead atoms. The largest absolute Gasteiger partial charge is 0.337 e. The van der Waals surface area contributed by atoms with Crippen molar-refractivity contribution in [2.45, 2.75) is 13.0 Å². The molecule has 2 N–H and O–H groups in total. The Kier molecular flexibility index (Phi) is 3.12. The second-order valence-corrected chi connectivity index (χ2v) is 4.54. The van der Waals surface area contributed by atoms with E-state index in [1.807, 2.05) is 6.07 Å². The number of carbonyl (C=O) groups excluding carboxylic acids is 1. The lowest BCUT2D eigenvalue weighted by Gasteiger charge is -2.15. The Morgan fingerprint density at radius 1 is 1.41 bits per heavy atom. The van der Waals surface area contributed by atoms with Crippen molar-refractivity contribution in [1.82, 2.24) is 4.90 Å². The van der Waals surface area contributed by atoms with Gasteiger partial charge in [0.15, 0.2) is 0 Å². The molecule has 1 aromatic carbocycles. The quantitative estimate of drug-likeness (QED) is 0.780. The van der Waals surface area contributed by atoms with Gasteiger partial charge in [0.2, 0.25) is 0 Å². The summed E-state index contributed by atoms with van der Waals surface area (Å²) in [5.74, 6) is 0.339. The minimum atomic E-state index is -0.00529. The van der Waals surface area contributed by atoms with E-state index in [-0.39, 0.29) is 11.9 Å². The third-order valence-corrected chi connectivity index (χ3v) is 3.22. The number of hydrogen-bond acceptors (Lipinski definition) is 3. The van der Waals surface area contributed by atoms with Crippen LogP contribution >= 0.6 is 0 Å². The summed E-state index contributed by atoms with van der Waals surface area (Å²) in [4.78, 5) is 13.9. The van der Waals surface area contributed by atoms with E-state index in [1.54, 1.807) is 29.2 Å². The number of likely N-dealkylation sites (tertiary alicyclic amines) is 1. The predicted octanol–water partition coefficient (Wildman–Crippen LogP) is 0.977. The van der Waals surface area contributed by atoms with E-state index in [0.29, 0.717) is 30.1 Å². The van der Waals surface area contributed by atoms with E-state index < -0.39 is 0 Å².